The van der Waals surface area contributed by atoms with Crippen LogP contribution in [0.25, 0.3) is 0 Å². The fourth-order valence-electron chi connectivity index (χ4n) is 1.36. The van der Waals surface area contributed by atoms with Crippen LogP contribution >= 0.6 is 0 Å². The van der Waals surface area contributed by atoms with Crippen molar-refractivity contribution in [2.24, 2.45) is 11.3 Å². The standard InChI is InChI=1S/C13H24/c1-6-8-9-11-12(10-7-2)13(3,4)5/h7-10,12H,6,11H2,1-5H3. The molecular formula is C13H24. The largest absolute Gasteiger partial charge is 0.0914 e. The minimum atomic E-state index is 0.380. The van der Waals surface area contributed by atoms with Gasteiger partial charge in [0.2, 0.25) is 0 Å². The Morgan fingerprint density at radius 2 is 1.77 bits per heavy atom. The summed E-state index contributed by atoms with van der Waals surface area (Å²) in [6, 6.07) is 0. The van der Waals surface area contributed by atoms with Gasteiger partial charge in [0.05, 0.1) is 0 Å². The van der Waals surface area contributed by atoms with Crippen molar-refractivity contribution >= 4 is 0 Å². The molecule has 0 heteroatoms. The Hall–Kier alpha value is -0.520. The minimum Gasteiger partial charge on any atom is -0.0914 e. The van der Waals surface area contributed by atoms with E-state index in [-0.39, 0.29) is 0 Å². The predicted molar refractivity (Wildman–Crippen MR) is 61.8 cm³/mol. The van der Waals surface area contributed by atoms with Crippen molar-refractivity contribution in [1.82, 2.24) is 0 Å². The van der Waals surface area contributed by atoms with E-state index in [1.165, 1.54) is 6.42 Å². The monoisotopic (exact) mass is 180 g/mol. The average molecular weight is 180 g/mol. The van der Waals surface area contributed by atoms with Gasteiger partial charge in [0, 0.05) is 0 Å². The Morgan fingerprint density at radius 3 is 2.15 bits per heavy atom. The summed E-state index contributed by atoms with van der Waals surface area (Å²) >= 11 is 0. The number of hydrogen-bond acceptors (Lipinski definition) is 0. The third kappa shape index (κ3) is 5.68. The molecule has 0 nitrogen and oxygen atoms in total. The van der Waals surface area contributed by atoms with Crippen molar-refractivity contribution < 1.29 is 0 Å². The molecule has 0 N–H and O–H groups in total. The zero-order valence-corrected chi connectivity index (χ0v) is 9.80. The fraction of sp³-hybridized carbons (Fsp3) is 0.692. The molecule has 0 spiro atoms. The first-order valence-corrected chi connectivity index (χ1v) is 5.30. The van der Waals surface area contributed by atoms with Gasteiger partial charge in [0.25, 0.3) is 0 Å². The van der Waals surface area contributed by atoms with Crippen LogP contribution < -0.4 is 0 Å². The smallest absolute Gasteiger partial charge is 0.0150 e. The summed E-state index contributed by atoms with van der Waals surface area (Å²) in [5, 5.41) is 0. The van der Waals surface area contributed by atoms with Crippen molar-refractivity contribution in [3.05, 3.63) is 24.3 Å². The molecule has 76 valence electrons. The van der Waals surface area contributed by atoms with Gasteiger partial charge in [-0.15, -0.1) is 0 Å². The van der Waals surface area contributed by atoms with Gasteiger partial charge < -0.3 is 0 Å². The third-order valence-electron chi connectivity index (χ3n) is 2.33. The van der Waals surface area contributed by atoms with Crippen molar-refractivity contribution in [3.8, 4) is 0 Å². The van der Waals surface area contributed by atoms with E-state index < -0.39 is 0 Å². The molecule has 0 aromatic rings. The topological polar surface area (TPSA) is 0 Å². The predicted octanol–water partition coefficient (Wildman–Crippen LogP) is 4.58. The number of rotatable bonds is 4. The van der Waals surface area contributed by atoms with E-state index in [9.17, 15) is 0 Å². The lowest BCUT2D eigenvalue weighted by Crippen LogP contribution is -2.17. The van der Waals surface area contributed by atoms with E-state index in [2.05, 4.69) is 58.9 Å². The van der Waals surface area contributed by atoms with Crippen LogP contribution in [-0.4, -0.2) is 0 Å². The van der Waals surface area contributed by atoms with Crippen LogP contribution in [0.1, 0.15) is 47.5 Å². The molecule has 0 aromatic carbocycles. The first-order chi connectivity index (χ1) is 6.02. The summed E-state index contributed by atoms with van der Waals surface area (Å²) in [5.74, 6) is 0.667. The van der Waals surface area contributed by atoms with Gasteiger partial charge in [-0.3, -0.25) is 0 Å². The molecule has 0 bridgehead atoms. The maximum atomic E-state index is 2.32. The summed E-state index contributed by atoms with van der Waals surface area (Å²) in [5.41, 5.74) is 0.380. The summed E-state index contributed by atoms with van der Waals surface area (Å²) < 4.78 is 0. The molecule has 0 amide bonds. The molecule has 0 aliphatic heterocycles. The van der Waals surface area contributed by atoms with E-state index in [1.54, 1.807) is 0 Å². The van der Waals surface area contributed by atoms with Crippen LogP contribution in [0, 0.1) is 11.3 Å². The second-order valence-corrected chi connectivity index (χ2v) is 4.61. The molecule has 0 saturated carbocycles. The maximum Gasteiger partial charge on any atom is -0.0150 e. The molecular weight excluding hydrogens is 156 g/mol. The molecule has 0 saturated heterocycles. The highest BCUT2D eigenvalue weighted by atomic mass is 14.2. The first-order valence-electron chi connectivity index (χ1n) is 5.30. The zero-order valence-electron chi connectivity index (χ0n) is 9.80. The maximum absolute atomic E-state index is 2.32. The number of allylic oxidation sites excluding steroid dienone is 4. The fourth-order valence-corrected chi connectivity index (χ4v) is 1.36. The molecule has 0 radical (unpaired) electrons. The molecule has 0 aliphatic carbocycles. The Kier molecular flexibility index (Phi) is 5.77. The van der Waals surface area contributed by atoms with Crippen LogP contribution in [0.4, 0.5) is 0 Å². The van der Waals surface area contributed by atoms with E-state index >= 15 is 0 Å². The van der Waals surface area contributed by atoms with E-state index in [0.29, 0.717) is 11.3 Å². The second kappa shape index (κ2) is 6.01. The van der Waals surface area contributed by atoms with Crippen molar-refractivity contribution in [3.63, 3.8) is 0 Å². The summed E-state index contributed by atoms with van der Waals surface area (Å²) in [6.07, 6.45) is 11.3. The Balaban J connectivity index is 4.19. The SMILES string of the molecule is CC=CC(CC=CCC)C(C)(C)C. The Bertz CT molecular complexity index is 167. The van der Waals surface area contributed by atoms with Gasteiger partial charge in [-0.2, -0.15) is 0 Å². The van der Waals surface area contributed by atoms with Crippen LogP contribution in [-0.2, 0) is 0 Å². The van der Waals surface area contributed by atoms with Crippen molar-refractivity contribution in [2.45, 2.75) is 47.5 Å². The number of hydrogen-bond donors (Lipinski definition) is 0. The lowest BCUT2D eigenvalue weighted by Gasteiger charge is -2.27. The van der Waals surface area contributed by atoms with Crippen molar-refractivity contribution in [2.75, 3.05) is 0 Å². The molecule has 1 unspecified atom stereocenters. The minimum absolute atomic E-state index is 0.380. The normalized spacial score (nSPS) is 15.8. The Labute approximate surface area is 83.7 Å². The quantitative estimate of drug-likeness (QED) is 0.555. The molecule has 0 aromatic heterocycles. The van der Waals surface area contributed by atoms with E-state index in [4.69, 9.17) is 0 Å². The van der Waals surface area contributed by atoms with Gasteiger partial charge in [0.1, 0.15) is 0 Å². The van der Waals surface area contributed by atoms with Crippen LogP contribution in [0.5, 0.6) is 0 Å². The summed E-state index contributed by atoms with van der Waals surface area (Å²) in [4.78, 5) is 0. The molecule has 0 rings (SSSR count). The van der Waals surface area contributed by atoms with Gasteiger partial charge in [-0.25, -0.2) is 0 Å². The lowest BCUT2D eigenvalue weighted by molar-refractivity contribution is 0.295. The summed E-state index contributed by atoms with van der Waals surface area (Å²) in [7, 11) is 0. The van der Waals surface area contributed by atoms with E-state index in [1.807, 2.05) is 0 Å². The highest BCUT2D eigenvalue weighted by molar-refractivity contribution is 4.97. The van der Waals surface area contributed by atoms with Crippen LogP contribution in [0.3, 0.4) is 0 Å². The highest BCUT2D eigenvalue weighted by Crippen LogP contribution is 2.30. The van der Waals surface area contributed by atoms with Gasteiger partial charge >= 0.3 is 0 Å². The molecule has 0 aliphatic rings. The van der Waals surface area contributed by atoms with Crippen LogP contribution in [0.2, 0.25) is 0 Å². The molecule has 13 heavy (non-hydrogen) atoms. The van der Waals surface area contributed by atoms with Crippen molar-refractivity contribution in [1.29, 1.82) is 0 Å². The zero-order chi connectivity index (χ0) is 10.3. The second-order valence-electron chi connectivity index (χ2n) is 4.61. The molecule has 1 atom stereocenters. The average Bonchev–Trinajstić information content (AvgIpc) is 2.01. The lowest BCUT2D eigenvalue weighted by atomic mass is 9.78. The van der Waals surface area contributed by atoms with Gasteiger partial charge in [-0.1, -0.05) is 52.0 Å². The van der Waals surface area contributed by atoms with Crippen LogP contribution in [0.15, 0.2) is 24.3 Å². The van der Waals surface area contributed by atoms with Gasteiger partial charge in [0.15, 0.2) is 0 Å². The molecule has 0 fully saturated rings. The first kappa shape index (κ1) is 12.5. The molecule has 0 heterocycles. The third-order valence-corrected chi connectivity index (χ3v) is 2.33. The van der Waals surface area contributed by atoms with E-state index in [0.717, 1.165) is 6.42 Å². The highest BCUT2D eigenvalue weighted by Gasteiger charge is 2.20. The Morgan fingerprint density at radius 1 is 1.15 bits per heavy atom. The van der Waals surface area contributed by atoms with Gasteiger partial charge in [-0.05, 0) is 31.1 Å². The summed E-state index contributed by atoms with van der Waals surface area (Å²) in [6.45, 7) is 11.2.